The Labute approximate surface area is 156 Å². The number of halogens is 1. The lowest BCUT2D eigenvalue weighted by atomic mass is 9.98. The van der Waals surface area contributed by atoms with Gasteiger partial charge >= 0.3 is 0 Å². The molecule has 130 valence electrons. The number of nitrogens with zero attached hydrogens (tertiary/aromatic N) is 2. The van der Waals surface area contributed by atoms with Crippen LogP contribution in [0.4, 0.5) is 0 Å². The Balaban J connectivity index is 0.00000264. The monoisotopic (exact) mass is 432 g/mol. The minimum absolute atomic E-state index is 0. The smallest absolute Gasteiger partial charge is 0.213 e. The number of nitrogens with two attached hydrogens (primary N) is 1. The predicted octanol–water partition coefficient (Wildman–Crippen LogP) is 3.47. The third kappa shape index (κ3) is 7.85. The number of ether oxygens (including phenoxy) is 1. The van der Waals surface area contributed by atoms with Crippen LogP contribution in [-0.4, -0.2) is 23.6 Å². The normalized spacial score (nSPS) is 16.0. The first-order valence-corrected chi connectivity index (χ1v) is 8.29. The Morgan fingerprint density at radius 3 is 2.83 bits per heavy atom. The second-order valence-corrected chi connectivity index (χ2v) is 6.36. The number of aliphatic imine (C=N–C) groups is 1. The number of aromatic nitrogens is 1. The van der Waals surface area contributed by atoms with Gasteiger partial charge in [0, 0.05) is 18.8 Å². The summed E-state index contributed by atoms with van der Waals surface area (Å²) in [4.78, 5) is 8.66. The molecule has 0 spiro atoms. The number of guanidine groups is 1. The van der Waals surface area contributed by atoms with Crippen LogP contribution in [-0.2, 0) is 6.54 Å². The largest absolute Gasteiger partial charge is 0.474 e. The Morgan fingerprint density at radius 2 is 2.13 bits per heavy atom. The van der Waals surface area contributed by atoms with Gasteiger partial charge in [0.2, 0.25) is 5.88 Å². The highest BCUT2D eigenvalue weighted by Gasteiger charge is 2.15. The van der Waals surface area contributed by atoms with Crippen molar-refractivity contribution in [2.45, 2.75) is 58.6 Å². The number of nitrogens with one attached hydrogen (secondary N) is 1. The van der Waals surface area contributed by atoms with Crippen molar-refractivity contribution >= 4 is 29.9 Å². The summed E-state index contributed by atoms with van der Waals surface area (Å²) in [5.74, 6) is 1.73. The maximum absolute atomic E-state index is 5.98. The van der Waals surface area contributed by atoms with E-state index in [9.17, 15) is 0 Å². The molecule has 0 radical (unpaired) electrons. The van der Waals surface area contributed by atoms with E-state index in [-0.39, 0.29) is 24.0 Å². The summed E-state index contributed by atoms with van der Waals surface area (Å²) < 4.78 is 5.98. The first-order valence-electron chi connectivity index (χ1n) is 8.29. The molecular weight excluding hydrogens is 403 g/mol. The van der Waals surface area contributed by atoms with Crippen molar-refractivity contribution < 1.29 is 4.74 Å². The predicted molar refractivity (Wildman–Crippen MR) is 105 cm³/mol. The van der Waals surface area contributed by atoms with Crippen molar-refractivity contribution in [3.63, 3.8) is 0 Å². The molecule has 0 bridgehead atoms. The Kier molecular flexibility index (Phi) is 9.28. The number of hydrogen-bond acceptors (Lipinski definition) is 3. The Bertz CT molecular complexity index is 487. The standard InChI is InChI=1S/C17H28N4O.HI/c1-13(2)11-20-17(18)21-12-14-8-9-19-16(10-14)22-15-6-4-3-5-7-15;/h8-10,13,15H,3-7,11-12H2,1-2H3,(H3,18,20,21);1H. The average molecular weight is 432 g/mol. The fourth-order valence-electron chi connectivity index (χ4n) is 2.51. The van der Waals surface area contributed by atoms with Crippen molar-refractivity contribution in [1.82, 2.24) is 10.3 Å². The summed E-state index contributed by atoms with van der Waals surface area (Å²) in [7, 11) is 0. The number of rotatable bonds is 6. The van der Waals surface area contributed by atoms with E-state index < -0.39 is 0 Å². The van der Waals surface area contributed by atoms with E-state index in [0.29, 0.717) is 30.4 Å². The Hall–Kier alpha value is -1.05. The zero-order valence-corrected chi connectivity index (χ0v) is 16.5. The molecule has 1 saturated carbocycles. The fraction of sp³-hybridized carbons (Fsp3) is 0.647. The van der Waals surface area contributed by atoms with E-state index in [1.807, 2.05) is 12.1 Å². The van der Waals surface area contributed by atoms with E-state index in [1.165, 1.54) is 19.3 Å². The van der Waals surface area contributed by atoms with Gasteiger partial charge in [-0.15, -0.1) is 24.0 Å². The SMILES string of the molecule is CC(C)CNC(N)=NCc1ccnc(OC2CCCCC2)c1.I. The molecule has 23 heavy (non-hydrogen) atoms. The molecular formula is C17H29IN4O. The summed E-state index contributed by atoms with van der Waals surface area (Å²) in [6, 6.07) is 3.92. The molecule has 0 saturated heterocycles. The number of hydrogen-bond donors (Lipinski definition) is 2. The quantitative estimate of drug-likeness (QED) is 0.410. The molecule has 0 amide bonds. The summed E-state index contributed by atoms with van der Waals surface area (Å²) in [6.07, 6.45) is 8.20. The van der Waals surface area contributed by atoms with Crippen molar-refractivity contribution in [2.75, 3.05) is 6.54 Å². The zero-order chi connectivity index (χ0) is 15.8. The van der Waals surface area contributed by atoms with Gasteiger partial charge in [-0.1, -0.05) is 20.3 Å². The van der Waals surface area contributed by atoms with Gasteiger partial charge in [0.15, 0.2) is 5.96 Å². The molecule has 3 N–H and O–H groups in total. The van der Waals surface area contributed by atoms with Gasteiger partial charge < -0.3 is 15.8 Å². The lowest BCUT2D eigenvalue weighted by molar-refractivity contribution is 0.148. The second-order valence-electron chi connectivity index (χ2n) is 6.36. The summed E-state index contributed by atoms with van der Waals surface area (Å²) in [5, 5.41) is 3.11. The van der Waals surface area contributed by atoms with Crippen LogP contribution in [0, 0.1) is 5.92 Å². The van der Waals surface area contributed by atoms with Gasteiger partial charge in [0.1, 0.15) is 6.10 Å². The van der Waals surface area contributed by atoms with Gasteiger partial charge in [0.25, 0.3) is 0 Å². The molecule has 5 nitrogen and oxygen atoms in total. The molecule has 1 aromatic heterocycles. The fourth-order valence-corrected chi connectivity index (χ4v) is 2.51. The second kappa shape index (κ2) is 10.7. The van der Waals surface area contributed by atoms with Gasteiger partial charge in [0.05, 0.1) is 6.54 Å². The molecule has 0 atom stereocenters. The highest BCUT2D eigenvalue weighted by molar-refractivity contribution is 14.0. The maximum atomic E-state index is 5.98. The molecule has 0 unspecified atom stereocenters. The molecule has 0 aromatic carbocycles. The van der Waals surface area contributed by atoms with Crippen molar-refractivity contribution in [3.05, 3.63) is 23.9 Å². The highest BCUT2D eigenvalue weighted by atomic mass is 127. The summed E-state index contributed by atoms with van der Waals surface area (Å²) in [6.45, 7) is 5.65. The highest BCUT2D eigenvalue weighted by Crippen LogP contribution is 2.22. The zero-order valence-electron chi connectivity index (χ0n) is 14.1. The van der Waals surface area contributed by atoms with Crippen LogP contribution in [0.5, 0.6) is 5.88 Å². The minimum atomic E-state index is 0. The van der Waals surface area contributed by atoms with Gasteiger partial charge in [-0.25, -0.2) is 9.98 Å². The van der Waals surface area contributed by atoms with E-state index in [4.69, 9.17) is 10.5 Å². The molecule has 6 heteroatoms. The van der Waals surface area contributed by atoms with Crippen LogP contribution in [0.3, 0.4) is 0 Å². The Morgan fingerprint density at radius 1 is 1.39 bits per heavy atom. The van der Waals surface area contributed by atoms with Crippen LogP contribution in [0.25, 0.3) is 0 Å². The molecule has 2 rings (SSSR count). The third-order valence-electron chi connectivity index (χ3n) is 3.76. The molecule has 1 aliphatic rings. The summed E-state index contributed by atoms with van der Waals surface area (Å²) in [5.41, 5.74) is 6.91. The summed E-state index contributed by atoms with van der Waals surface area (Å²) >= 11 is 0. The van der Waals surface area contributed by atoms with Crippen molar-refractivity contribution in [3.8, 4) is 5.88 Å². The van der Waals surface area contributed by atoms with E-state index in [1.54, 1.807) is 6.20 Å². The molecule has 1 fully saturated rings. The van der Waals surface area contributed by atoms with Gasteiger partial charge in [-0.3, -0.25) is 0 Å². The molecule has 1 aliphatic carbocycles. The topological polar surface area (TPSA) is 72.5 Å². The lowest BCUT2D eigenvalue weighted by Crippen LogP contribution is -2.34. The van der Waals surface area contributed by atoms with Crippen LogP contribution in [0.15, 0.2) is 23.3 Å². The lowest BCUT2D eigenvalue weighted by Gasteiger charge is -2.22. The van der Waals surface area contributed by atoms with E-state index in [2.05, 4.69) is 29.1 Å². The number of pyridine rings is 1. The van der Waals surface area contributed by atoms with Crippen molar-refractivity contribution in [2.24, 2.45) is 16.6 Å². The van der Waals surface area contributed by atoms with Crippen LogP contribution in [0.1, 0.15) is 51.5 Å². The molecule has 1 aromatic rings. The van der Waals surface area contributed by atoms with Crippen LogP contribution in [0.2, 0.25) is 0 Å². The average Bonchev–Trinajstić information content (AvgIpc) is 2.52. The van der Waals surface area contributed by atoms with Crippen molar-refractivity contribution in [1.29, 1.82) is 0 Å². The van der Waals surface area contributed by atoms with Gasteiger partial charge in [-0.2, -0.15) is 0 Å². The maximum Gasteiger partial charge on any atom is 0.213 e. The molecule has 1 heterocycles. The third-order valence-corrected chi connectivity index (χ3v) is 3.76. The van der Waals surface area contributed by atoms with Gasteiger partial charge in [-0.05, 0) is 43.2 Å². The van der Waals surface area contributed by atoms with Crippen LogP contribution < -0.4 is 15.8 Å². The minimum Gasteiger partial charge on any atom is -0.474 e. The van der Waals surface area contributed by atoms with E-state index >= 15 is 0 Å². The first kappa shape index (κ1) is 20.0. The van der Waals surface area contributed by atoms with Crippen LogP contribution >= 0.6 is 24.0 Å². The molecule has 0 aliphatic heterocycles. The van der Waals surface area contributed by atoms with E-state index in [0.717, 1.165) is 24.9 Å². The first-order chi connectivity index (χ1) is 10.6.